The summed E-state index contributed by atoms with van der Waals surface area (Å²) in [7, 11) is -3.13. The Kier molecular flexibility index (Phi) is 3.25. The lowest BCUT2D eigenvalue weighted by molar-refractivity contribution is 0.0467. The normalized spacial score (nSPS) is 27.9. The summed E-state index contributed by atoms with van der Waals surface area (Å²) in [4.78, 5) is 0. The summed E-state index contributed by atoms with van der Waals surface area (Å²) in [6.07, 6.45) is 1.01. The van der Waals surface area contributed by atoms with E-state index in [0.717, 1.165) is 5.56 Å². The zero-order chi connectivity index (χ0) is 12.5. The minimum absolute atomic E-state index is 0.177. The van der Waals surface area contributed by atoms with Crippen LogP contribution in [0.5, 0.6) is 0 Å². The molecule has 1 aromatic rings. The molecular formula is C12H17NO3S. The smallest absolute Gasteiger partial charge is 0.153 e. The van der Waals surface area contributed by atoms with Gasteiger partial charge in [0, 0.05) is 6.54 Å². The fourth-order valence-corrected chi connectivity index (χ4v) is 4.04. The Hall–Kier alpha value is -0.910. The second-order valence-corrected chi connectivity index (χ2v) is 6.81. The van der Waals surface area contributed by atoms with Gasteiger partial charge in [0.1, 0.15) is 5.60 Å². The van der Waals surface area contributed by atoms with Gasteiger partial charge >= 0.3 is 0 Å². The van der Waals surface area contributed by atoms with Crippen molar-refractivity contribution in [1.82, 2.24) is 0 Å². The van der Waals surface area contributed by atoms with Gasteiger partial charge in [0.05, 0.1) is 11.5 Å². The van der Waals surface area contributed by atoms with Crippen LogP contribution in [0.25, 0.3) is 0 Å². The molecule has 3 N–H and O–H groups in total. The highest BCUT2D eigenvalue weighted by atomic mass is 32.2. The average molecular weight is 255 g/mol. The van der Waals surface area contributed by atoms with Gasteiger partial charge in [-0.1, -0.05) is 24.3 Å². The second-order valence-electron chi connectivity index (χ2n) is 4.63. The van der Waals surface area contributed by atoms with Gasteiger partial charge in [-0.3, -0.25) is 0 Å². The largest absolute Gasteiger partial charge is 0.384 e. The van der Waals surface area contributed by atoms with Crippen molar-refractivity contribution in [2.45, 2.75) is 25.0 Å². The molecule has 1 fully saturated rings. The number of aliphatic hydroxyl groups is 1. The van der Waals surface area contributed by atoms with Crippen molar-refractivity contribution in [2.24, 2.45) is 5.73 Å². The van der Waals surface area contributed by atoms with E-state index >= 15 is 0 Å². The van der Waals surface area contributed by atoms with Gasteiger partial charge in [0.15, 0.2) is 9.84 Å². The third kappa shape index (κ3) is 2.68. The molecule has 0 radical (unpaired) electrons. The van der Waals surface area contributed by atoms with E-state index in [9.17, 15) is 13.5 Å². The summed E-state index contributed by atoms with van der Waals surface area (Å²) in [6.45, 7) is 0.441. The molecule has 0 bridgehead atoms. The van der Waals surface area contributed by atoms with E-state index in [4.69, 9.17) is 5.73 Å². The first-order chi connectivity index (χ1) is 7.95. The van der Waals surface area contributed by atoms with Gasteiger partial charge in [0.2, 0.25) is 0 Å². The quantitative estimate of drug-likeness (QED) is 0.808. The number of benzene rings is 1. The summed E-state index contributed by atoms with van der Waals surface area (Å²) in [5.74, 6) is -0.00182. The Morgan fingerprint density at radius 3 is 2.47 bits per heavy atom. The van der Waals surface area contributed by atoms with Gasteiger partial charge in [0.25, 0.3) is 0 Å². The minimum atomic E-state index is -3.13. The lowest BCUT2D eigenvalue weighted by Crippen LogP contribution is -2.39. The first kappa shape index (κ1) is 12.5. The molecule has 1 heterocycles. The van der Waals surface area contributed by atoms with Crippen LogP contribution in [-0.2, 0) is 22.0 Å². The Morgan fingerprint density at radius 1 is 1.29 bits per heavy atom. The highest BCUT2D eigenvalue weighted by molar-refractivity contribution is 7.91. The van der Waals surface area contributed by atoms with Crippen molar-refractivity contribution in [2.75, 3.05) is 11.5 Å². The van der Waals surface area contributed by atoms with Crippen molar-refractivity contribution >= 4 is 9.84 Å². The highest BCUT2D eigenvalue weighted by Gasteiger charge is 2.38. The lowest BCUT2D eigenvalue weighted by atomic mass is 9.90. The summed E-state index contributed by atoms with van der Waals surface area (Å²) in [5, 5.41) is 10.4. The zero-order valence-electron chi connectivity index (χ0n) is 9.59. The van der Waals surface area contributed by atoms with Gasteiger partial charge in [-0.25, -0.2) is 8.42 Å². The van der Waals surface area contributed by atoms with Crippen molar-refractivity contribution in [3.8, 4) is 0 Å². The Labute approximate surface area is 101 Å². The predicted octanol–water partition coefficient (Wildman–Crippen LogP) is 0.541. The van der Waals surface area contributed by atoms with Crippen LogP contribution in [0.4, 0.5) is 0 Å². The molecule has 0 saturated carbocycles. The Bertz CT molecular complexity index is 495. The molecule has 0 aliphatic carbocycles. The summed E-state index contributed by atoms with van der Waals surface area (Å²) >= 11 is 0. The summed E-state index contributed by atoms with van der Waals surface area (Å²) < 4.78 is 23.2. The Morgan fingerprint density at radius 2 is 1.94 bits per heavy atom. The van der Waals surface area contributed by atoms with Crippen LogP contribution in [0.3, 0.4) is 0 Å². The highest BCUT2D eigenvalue weighted by Crippen LogP contribution is 2.32. The number of hydrogen-bond acceptors (Lipinski definition) is 4. The molecule has 1 unspecified atom stereocenters. The SMILES string of the molecule is NCc1ccc(C2(O)CCCS(=O)(=O)C2)cc1. The van der Waals surface area contributed by atoms with E-state index in [1.54, 1.807) is 12.1 Å². The fourth-order valence-electron chi connectivity index (χ4n) is 2.27. The second kappa shape index (κ2) is 4.40. The summed E-state index contributed by atoms with van der Waals surface area (Å²) in [6, 6.07) is 7.19. The standard InChI is InChI=1S/C12H17NO3S/c13-8-10-2-4-11(5-3-10)12(14)6-1-7-17(15,16)9-12/h2-5,14H,1,6-9,13H2. The molecule has 5 heteroatoms. The van der Waals surface area contributed by atoms with Gasteiger partial charge in [-0.05, 0) is 24.0 Å². The molecule has 0 spiro atoms. The first-order valence-electron chi connectivity index (χ1n) is 5.67. The van der Waals surface area contributed by atoms with E-state index in [1.165, 1.54) is 0 Å². The molecule has 0 amide bonds. The topological polar surface area (TPSA) is 80.4 Å². The van der Waals surface area contributed by atoms with Crippen molar-refractivity contribution in [3.63, 3.8) is 0 Å². The number of hydrogen-bond donors (Lipinski definition) is 2. The maximum Gasteiger partial charge on any atom is 0.153 e. The fraction of sp³-hybridized carbons (Fsp3) is 0.500. The third-order valence-corrected chi connectivity index (χ3v) is 5.06. The average Bonchev–Trinajstić information content (AvgIpc) is 2.27. The van der Waals surface area contributed by atoms with Crippen LogP contribution in [0, 0.1) is 0 Å². The lowest BCUT2D eigenvalue weighted by Gasteiger charge is -2.32. The summed E-state index contributed by atoms with van der Waals surface area (Å²) in [5.41, 5.74) is 5.90. The molecule has 1 saturated heterocycles. The van der Waals surface area contributed by atoms with Crippen LogP contribution in [0.2, 0.25) is 0 Å². The molecule has 0 aromatic heterocycles. The van der Waals surface area contributed by atoms with Crippen LogP contribution >= 0.6 is 0 Å². The third-order valence-electron chi connectivity index (χ3n) is 3.23. The zero-order valence-corrected chi connectivity index (χ0v) is 10.4. The predicted molar refractivity (Wildman–Crippen MR) is 66.1 cm³/mol. The number of rotatable bonds is 2. The number of sulfone groups is 1. The van der Waals surface area contributed by atoms with E-state index in [1.807, 2.05) is 12.1 Å². The molecule has 1 aliphatic heterocycles. The molecular weight excluding hydrogens is 238 g/mol. The number of nitrogens with two attached hydrogens (primary N) is 1. The van der Waals surface area contributed by atoms with E-state index in [2.05, 4.69) is 0 Å². The van der Waals surface area contributed by atoms with Crippen LogP contribution in [0.15, 0.2) is 24.3 Å². The first-order valence-corrected chi connectivity index (χ1v) is 7.50. The van der Waals surface area contributed by atoms with Gasteiger partial charge in [-0.2, -0.15) is 0 Å². The van der Waals surface area contributed by atoms with Crippen molar-refractivity contribution in [3.05, 3.63) is 35.4 Å². The molecule has 94 valence electrons. The molecule has 1 aromatic carbocycles. The molecule has 17 heavy (non-hydrogen) atoms. The van der Waals surface area contributed by atoms with E-state index < -0.39 is 15.4 Å². The van der Waals surface area contributed by atoms with Gasteiger partial charge < -0.3 is 10.8 Å². The minimum Gasteiger partial charge on any atom is -0.384 e. The molecule has 4 nitrogen and oxygen atoms in total. The van der Waals surface area contributed by atoms with Crippen LogP contribution in [-0.4, -0.2) is 25.0 Å². The maximum absolute atomic E-state index is 11.6. The van der Waals surface area contributed by atoms with E-state index in [0.29, 0.717) is 24.9 Å². The monoisotopic (exact) mass is 255 g/mol. The van der Waals surface area contributed by atoms with Gasteiger partial charge in [-0.15, -0.1) is 0 Å². The molecule has 1 atom stereocenters. The van der Waals surface area contributed by atoms with Crippen LogP contribution < -0.4 is 5.73 Å². The molecule has 2 rings (SSSR count). The van der Waals surface area contributed by atoms with Crippen molar-refractivity contribution in [1.29, 1.82) is 0 Å². The van der Waals surface area contributed by atoms with E-state index in [-0.39, 0.29) is 11.5 Å². The Balaban J connectivity index is 2.30. The van der Waals surface area contributed by atoms with Crippen LogP contribution in [0.1, 0.15) is 24.0 Å². The molecule has 1 aliphatic rings. The van der Waals surface area contributed by atoms with Crippen molar-refractivity contribution < 1.29 is 13.5 Å². The maximum atomic E-state index is 11.6.